The van der Waals surface area contributed by atoms with Crippen LogP contribution in [-0.4, -0.2) is 32.4 Å². The Balaban J connectivity index is 1.88. The molecule has 0 bridgehead atoms. The second-order valence-corrected chi connectivity index (χ2v) is 4.88. The minimum absolute atomic E-state index is 0.147. The third-order valence-corrected chi connectivity index (χ3v) is 3.15. The molecule has 2 heterocycles. The Morgan fingerprint density at radius 3 is 2.75 bits per heavy atom. The molecule has 0 radical (unpaired) electrons. The molecule has 0 spiro atoms. The molecule has 0 saturated heterocycles. The van der Waals surface area contributed by atoms with Crippen LogP contribution in [0.15, 0.2) is 53.8 Å². The summed E-state index contributed by atoms with van der Waals surface area (Å²) in [5, 5.41) is 19.0. The van der Waals surface area contributed by atoms with Crippen LogP contribution in [0.2, 0.25) is 0 Å². The fourth-order valence-electron chi connectivity index (χ4n) is 2.03. The Morgan fingerprint density at radius 2 is 2.08 bits per heavy atom. The number of carbonyl (C=O) groups is 1. The van der Waals surface area contributed by atoms with Gasteiger partial charge in [-0.3, -0.25) is 14.9 Å². The van der Waals surface area contributed by atoms with E-state index >= 15 is 0 Å². The van der Waals surface area contributed by atoms with Gasteiger partial charge < -0.3 is 16.2 Å². The lowest BCUT2D eigenvalue weighted by Gasteiger charge is -2.04. The number of phenols is 1. The molecule has 0 aliphatic carbocycles. The number of aromatic amines is 1. The Kier molecular flexibility index (Phi) is 4.19. The van der Waals surface area contributed by atoms with E-state index in [1.54, 1.807) is 36.7 Å². The maximum absolute atomic E-state index is 11.7. The van der Waals surface area contributed by atoms with E-state index in [1.807, 2.05) is 0 Å². The van der Waals surface area contributed by atoms with Crippen LogP contribution < -0.4 is 11.1 Å². The molecular weight excluding hydrogens is 308 g/mol. The van der Waals surface area contributed by atoms with Gasteiger partial charge in [0.15, 0.2) is 5.82 Å². The van der Waals surface area contributed by atoms with Crippen molar-refractivity contribution in [3.63, 3.8) is 0 Å². The van der Waals surface area contributed by atoms with Gasteiger partial charge in [-0.1, -0.05) is 0 Å². The normalized spacial score (nSPS) is 10.8. The number of aliphatic imine (C=N–C) groups is 1. The number of hydrogen-bond acceptors (Lipinski definition) is 6. The molecule has 24 heavy (non-hydrogen) atoms. The lowest BCUT2D eigenvalue weighted by molar-refractivity contribution is 0.100. The Bertz CT molecular complexity index is 871. The summed E-state index contributed by atoms with van der Waals surface area (Å²) in [6.07, 6.45) is 4.77. The van der Waals surface area contributed by atoms with Crippen molar-refractivity contribution in [2.45, 2.75) is 0 Å². The van der Waals surface area contributed by atoms with Crippen molar-refractivity contribution in [1.29, 1.82) is 0 Å². The second kappa shape index (κ2) is 6.61. The van der Waals surface area contributed by atoms with E-state index in [4.69, 9.17) is 5.73 Å². The lowest BCUT2D eigenvalue weighted by atomic mass is 10.2. The number of aromatic nitrogens is 3. The fourth-order valence-corrected chi connectivity index (χ4v) is 2.03. The van der Waals surface area contributed by atoms with Crippen LogP contribution in [0.3, 0.4) is 0 Å². The average molecular weight is 322 g/mol. The van der Waals surface area contributed by atoms with Gasteiger partial charge in [-0.2, -0.15) is 5.10 Å². The highest BCUT2D eigenvalue weighted by molar-refractivity contribution is 6.03. The Hall–Kier alpha value is -3.68. The van der Waals surface area contributed by atoms with Crippen molar-refractivity contribution in [2.24, 2.45) is 10.7 Å². The topological polar surface area (TPSA) is 129 Å². The monoisotopic (exact) mass is 322 g/mol. The van der Waals surface area contributed by atoms with E-state index in [-0.39, 0.29) is 17.1 Å². The number of anilines is 2. The third-order valence-electron chi connectivity index (χ3n) is 3.15. The molecule has 0 unspecified atom stereocenters. The van der Waals surface area contributed by atoms with E-state index in [9.17, 15) is 9.90 Å². The molecule has 8 heteroatoms. The molecule has 0 aliphatic rings. The summed E-state index contributed by atoms with van der Waals surface area (Å²) in [4.78, 5) is 19.9. The number of benzene rings is 1. The van der Waals surface area contributed by atoms with Gasteiger partial charge in [-0.15, -0.1) is 0 Å². The van der Waals surface area contributed by atoms with Crippen molar-refractivity contribution in [3.05, 3.63) is 59.9 Å². The zero-order valence-corrected chi connectivity index (χ0v) is 12.5. The van der Waals surface area contributed by atoms with Gasteiger partial charge >= 0.3 is 0 Å². The summed E-state index contributed by atoms with van der Waals surface area (Å²) >= 11 is 0. The number of nitrogens with one attached hydrogen (secondary N) is 2. The maximum Gasteiger partial charge on any atom is 0.256 e. The average Bonchev–Trinajstić information content (AvgIpc) is 2.98. The fraction of sp³-hybridized carbons (Fsp3) is 0. The summed E-state index contributed by atoms with van der Waals surface area (Å²) in [6, 6.07) is 9.99. The van der Waals surface area contributed by atoms with Crippen LogP contribution in [0.25, 0.3) is 0 Å². The standard InChI is InChI=1S/C16H14N6O2/c17-14(24)13-15(19-8-10-3-5-12(23)6-4-10)21-22-16(13)20-11-2-1-7-18-9-11/h1-9,23H,(H2,17,24)(H2,20,21,22). The molecular formula is C16H14N6O2. The van der Waals surface area contributed by atoms with E-state index in [2.05, 4.69) is 25.5 Å². The van der Waals surface area contributed by atoms with Gasteiger partial charge in [0.25, 0.3) is 5.91 Å². The molecule has 0 fully saturated rings. The lowest BCUT2D eigenvalue weighted by Crippen LogP contribution is -2.12. The van der Waals surface area contributed by atoms with Crippen molar-refractivity contribution < 1.29 is 9.90 Å². The highest BCUT2D eigenvalue weighted by atomic mass is 16.3. The SMILES string of the molecule is NC(=O)c1c(N=Cc2ccc(O)cc2)n[nH]c1Nc1cccnc1. The van der Waals surface area contributed by atoms with Crippen LogP contribution in [0, 0.1) is 0 Å². The van der Waals surface area contributed by atoms with Crippen LogP contribution in [0.4, 0.5) is 17.3 Å². The molecule has 3 aromatic rings. The van der Waals surface area contributed by atoms with Gasteiger partial charge in [-0.25, -0.2) is 4.99 Å². The largest absolute Gasteiger partial charge is 0.508 e. The Labute approximate surface area is 137 Å². The molecule has 3 rings (SSSR count). The van der Waals surface area contributed by atoms with Gasteiger partial charge in [-0.05, 0) is 42.0 Å². The quantitative estimate of drug-likeness (QED) is 0.535. The highest BCUT2D eigenvalue weighted by Gasteiger charge is 2.18. The summed E-state index contributed by atoms with van der Waals surface area (Å²) in [7, 11) is 0. The smallest absolute Gasteiger partial charge is 0.256 e. The number of primary amides is 1. The number of aromatic hydroxyl groups is 1. The summed E-state index contributed by atoms with van der Waals surface area (Å²) in [6.45, 7) is 0. The first-order valence-electron chi connectivity index (χ1n) is 7.02. The molecule has 5 N–H and O–H groups in total. The number of nitrogens with zero attached hydrogens (tertiary/aromatic N) is 3. The minimum atomic E-state index is -0.659. The first-order valence-corrected chi connectivity index (χ1v) is 7.02. The number of carbonyl (C=O) groups excluding carboxylic acids is 1. The number of hydrogen-bond donors (Lipinski definition) is 4. The zero-order valence-electron chi connectivity index (χ0n) is 12.5. The number of nitrogens with two attached hydrogens (primary N) is 1. The summed E-state index contributed by atoms with van der Waals surface area (Å²) in [5.41, 5.74) is 7.01. The van der Waals surface area contributed by atoms with Crippen LogP contribution in [0.1, 0.15) is 15.9 Å². The highest BCUT2D eigenvalue weighted by Crippen LogP contribution is 2.25. The first-order chi connectivity index (χ1) is 11.6. The van der Waals surface area contributed by atoms with Gasteiger partial charge in [0.1, 0.15) is 17.1 Å². The second-order valence-electron chi connectivity index (χ2n) is 4.88. The number of pyridine rings is 1. The van der Waals surface area contributed by atoms with Gasteiger partial charge in [0.2, 0.25) is 0 Å². The van der Waals surface area contributed by atoms with Gasteiger partial charge in [0, 0.05) is 12.4 Å². The zero-order chi connectivity index (χ0) is 16.9. The molecule has 8 nitrogen and oxygen atoms in total. The summed E-state index contributed by atoms with van der Waals surface area (Å²) in [5.74, 6) is 0.0102. The molecule has 1 aromatic carbocycles. The van der Waals surface area contributed by atoms with Crippen molar-refractivity contribution in [3.8, 4) is 5.75 Å². The molecule has 0 aliphatic heterocycles. The predicted octanol–water partition coefficient (Wildman–Crippen LogP) is 2.10. The van der Waals surface area contributed by atoms with Crippen molar-refractivity contribution in [2.75, 3.05) is 5.32 Å². The molecule has 0 saturated carbocycles. The van der Waals surface area contributed by atoms with E-state index < -0.39 is 5.91 Å². The van der Waals surface area contributed by atoms with Crippen LogP contribution in [0.5, 0.6) is 5.75 Å². The number of H-pyrrole nitrogens is 1. The minimum Gasteiger partial charge on any atom is -0.508 e. The molecule has 0 atom stereocenters. The maximum atomic E-state index is 11.7. The molecule has 1 amide bonds. The summed E-state index contributed by atoms with van der Waals surface area (Å²) < 4.78 is 0. The van der Waals surface area contributed by atoms with E-state index in [1.165, 1.54) is 18.3 Å². The number of rotatable bonds is 5. The number of amides is 1. The van der Waals surface area contributed by atoms with Crippen molar-refractivity contribution >= 4 is 29.4 Å². The molecule has 120 valence electrons. The predicted molar refractivity (Wildman–Crippen MR) is 90.0 cm³/mol. The Morgan fingerprint density at radius 1 is 1.29 bits per heavy atom. The first kappa shape index (κ1) is 15.2. The van der Waals surface area contributed by atoms with E-state index in [0.717, 1.165) is 5.56 Å². The molecule has 2 aromatic heterocycles. The van der Waals surface area contributed by atoms with E-state index in [0.29, 0.717) is 11.5 Å². The van der Waals surface area contributed by atoms with Crippen molar-refractivity contribution in [1.82, 2.24) is 15.2 Å². The van der Waals surface area contributed by atoms with Crippen LogP contribution >= 0.6 is 0 Å². The number of phenolic OH excluding ortho intramolecular Hbond substituents is 1. The van der Waals surface area contributed by atoms with Gasteiger partial charge in [0.05, 0.1) is 11.9 Å². The third kappa shape index (κ3) is 3.38. The van der Waals surface area contributed by atoms with Crippen LogP contribution in [-0.2, 0) is 0 Å².